The van der Waals surface area contributed by atoms with Crippen LogP contribution >= 0.6 is 0 Å². The van der Waals surface area contributed by atoms with Crippen LogP contribution < -0.4 is 0 Å². The quantitative estimate of drug-likeness (QED) is 0.547. The second-order valence-electron chi connectivity index (χ2n) is 2.24. The molecule has 0 rings (SSSR count). The highest BCUT2D eigenvalue weighted by Gasteiger charge is 2.33. The van der Waals surface area contributed by atoms with Crippen LogP contribution in [-0.4, -0.2) is 6.18 Å². The maximum atomic E-state index is 11.9. The molecular formula is C8H9F3. The first-order valence-corrected chi connectivity index (χ1v) is 2.88. The van der Waals surface area contributed by atoms with E-state index in [0.717, 1.165) is 0 Å². The molecule has 0 radical (unpaired) electrons. The minimum absolute atomic E-state index is 0.141. The normalized spacial score (nSPS) is 10.9. The zero-order chi connectivity index (χ0) is 9.23. The monoisotopic (exact) mass is 162 g/mol. The summed E-state index contributed by atoms with van der Waals surface area (Å²) in [7, 11) is 0. The molecule has 0 N–H and O–H groups in total. The molecule has 0 aliphatic rings. The Morgan fingerprint density at radius 3 is 1.55 bits per heavy atom. The van der Waals surface area contributed by atoms with Gasteiger partial charge in [-0.2, -0.15) is 13.2 Å². The lowest BCUT2D eigenvalue weighted by Crippen LogP contribution is -2.12. The third-order valence-electron chi connectivity index (χ3n) is 1.22. The number of halogens is 3. The topological polar surface area (TPSA) is 0 Å². The van der Waals surface area contributed by atoms with Crippen molar-refractivity contribution in [1.29, 1.82) is 0 Å². The molecule has 0 amide bonds. The second-order valence-corrected chi connectivity index (χ2v) is 2.24. The summed E-state index contributed by atoms with van der Waals surface area (Å²) >= 11 is 0. The summed E-state index contributed by atoms with van der Waals surface area (Å²) in [6, 6.07) is 0. The van der Waals surface area contributed by atoms with Crippen molar-refractivity contribution >= 4 is 0 Å². The summed E-state index contributed by atoms with van der Waals surface area (Å²) in [5.41, 5.74) is -0.783. The van der Waals surface area contributed by atoms with Gasteiger partial charge in [-0.25, -0.2) is 0 Å². The fourth-order valence-electron chi connectivity index (χ4n) is 0.429. The Morgan fingerprint density at radius 1 is 1.09 bits per heavy atom. The standard InChI is InChI=1S/C8H9F3/c1-5(2)6(3)7(4)8(9,10)11/h1,3-4H2,2H3. The SMILES string of the molecule is C=C(C)C(=C)C(=C)C(F)(F)F. The van der Waals surface area contributed by atoms with E-state index in [-0.39, 0.29) is 11.1 Å². The molecule has 0 aromatic rings. The van der Waals surface area contributed by atoms with Gasteiger partial charge >= 0.3 is 6.18 Å². The molecule has 0 bridgehead atoms. The lowest BCUT2D eigenvalue weighted by Gasteiger charge is -2.11. The molecule has 0 unspecified atom stereocenters. The summed E-state index contributed by atoms with van der Waals surface area (Å²) in [6.07, 6.45) is -4.39. The van der Waals surface area contributed by atoms with Gasteiger partial charge in [0.2, 0.25) is 0 Å². The third kappa shape index (κ3) is 2.62. The average Bonchev–Trinajstić information content (AvgIpc) is 1.82. The van der Waals surface area contributed by atoms with Gasteiger partial charge in [0.05, 0.1) is 5.57 Å². The van der Waals surface area contributed by atoms with Crippen molar-refractivity contribution in [3.63, 3.8) is 0 Å². The lowest BCUT2D eigenvalue weighted by molar-refractivity contribution is -0.0886. The summed E-state index contributed by atoms with van der Waals surface area (Å²) in [5, 5.41) is 0. The molecule has 0 aliphatic carbocycles. The van der Waals surface area contributed by atoms with E-state index < -0.39 is 11.7 Å². The van der Waals surface area contributed by atoms with E-state index in [2.05, 4.69) is 19.7 Å². The van der Waals surface area contributed by atoms with Gasteiger partial charge in [-0.15, -0.1) is 0 Å². The molecule has 0 heterocycles. The Balaban J connectivity index is 4.53. The van der Waals surface area contributed by atoms with Gasteiger partial charge in [-0.05, 0) is 12.5 Å². The van der Waals surface area contributed by atoms with E-state index in [9.17, 15) is 13.2 Å². The fourth-order valence-corrected chi connectivity index (χ4v) is 0.429. The van der Waals surface area contributed by atoms with Crippen LogP contribution in [0.4, 0.5) is 13.2 Å². The molecular weight excluding hydrogens is 153 g/mol. The van der Waals surface area contributed by atoms with Crippen molar-refractivity contribution in [3.8, 4) is 0 Å². The van der Waals surface area contributed by atoms with Gasteiger partial charge in [-0.1, -0.05) is 25.3 Å². The highest BCUT2D eigenvalue weighted by Crippen LogP contribution is 2.31. The second kappa shape index (κ2) is 2.95. The molecule has 0 aromatic heterocycles. The summed E-state index contributed by atoms with van der Waals surface area (Å²) in [5.74, 6) is 0. The third-order valence-corrected chi connectivity index (χ3v) is 1.22. The molecule has 0 nitrogen and oxygen atoms in total. The van der Waals surface area contributed by atoms with Crippen LogP contribution in [0.1, 0.15) is 6.92 Å². The van der Waals surface area contributed by atoms with Gasteiger partial charge < -0.3 is 0 Å². The van der Waals surface area contributed by atoms with Gasteiger partial charge in [0.1, 0.15) is 0 Å². The number of hydrogen-bond acceptors (Lipinski definition) is 0. The van der Waals surface area contributed by atoms with Crippen molar-refractivity contribution < 1.29 is 13.2 Å². The molecule has 0 fully saturated rings. The molecule has 0 aromatic carbocycles. The summed E-state index contributed by atoms with van der Waals surface area (Å²) in [4.78, 5) is 0. The Bertz CT molecular complexity index is 208. The summed E-state index contributed by atoms with van der Waals surface area (Å²) < 4.78 is 35.6. The predicted molar refractivity (Wildman–Crippen MR) is 39.1 cm³/mol. The molecule has 0 atom stereocenters. The van der Waals surface area contributed by atoms with E-state index in [1.807, 2.05) is 0 Å². The first-order valence-electron chi connectivity index (χ1n) is 2.88. The highest BCUT2D eigenvalue weighted by atomic mass is 19.4. The number of hydrogen-bond donors (Lipinski definition) is 0. The average molecular weight is 162 g/mol. The van der Waals surface area contributed by atoms with Gasteiger partial charge in [-0.3, -0.25) is 0 Å². The zero-order valence-electron chi connectivity index (χ0n) is 6.26. The van der Waals surface area contributed by atoms with E-state index in [0.29, 0.717) is 0 Å². The molecule has 0 saturated carbocycles. The Hall–Kier alpha value is -0.990. The molecule has 11 heavy (non-hydrogen) atoms. The van der Waals surface area contributed by atoms with Crippen LogP contribution in [0.2, 0.25) is 0 Å². The Morgan fingerprint density at radius 2 is 1.45 bits per heavy atom. The fraction of sp³-hybridized carbons (Fsp3) is 0.250. The maximum absolute atomic E-state index is 11.9. The minimum Gasteiger partial charge on any atom is -0.166 e. The highest BCUT2D eigenvalue weighted by molar-refractivity contribution is 5.42. The van der Waals surface area contributed by atoms with Crippen LogP contribution in [0.15, 0.2) is 36.5 Å². The summed E-state index contributed by atoms with van der Waals surface area (Å²) in [6.45, 7) is 10.9. The van der Waals surface area contributed by atoms with E-state index in [4.69, 9.17) is 0 Å². The number of allylic oxidation sites excluding steroid dienone is 3. The first kappa shape index (κ1) is 10.0. The van der Waals surface area contributed by atoms with Crippen molar-refractivity contribution in [3.05, 3.63) is 36.5 Å². The van der Waals surface area contributed by atoms with Gasteiger partial charge in [0, 0.05) is 0 Å². The first-order chi connectivity index (χ1) is 4.76. The van der Waals surface area contributed by atoms with E-state index >= 15 is 0 Å². The Kier molecular flexibility index (Phi) is 2.68. The maximum Gasteiger partial charge on any atom is 0.416 e. The molecule has 62 valence electrons. The van der Waals surface area contributed by atoms with Crippen molar-refractivity contribution in [2.75, 3.05) is 0 Å². The van der Waals surface area contributed by atoms with Crippen LogP contribution in [0.3, 0.4) is 0 Å². The van der Waals surface area contributed by atoms with Crippen LogP contribution in [0, 0.1) is 0 Å². The van der Waals surface area contributed by atoms with E-state index in [1.54, 1.807) is 0 Å². The molecule has 0 aliphatic heterocycles. The van der Waals surface area contributed by atoms with Gasteiger partial charge in [0.15, 0.2) is 0 Å². The smallest absolute Gasteiger partial charge is 0.166 e. The predicted octanol–water partition coefficient (Wildman–Crippen LogP) is 3.24. The van der Waals surface area contributed by atoms with Gasteiger partial charge in [0.25, 0.3) is 0 Å². The zero-order valence-corrected chi connectivity index (χ0v) is 6.26. The minimum atomic E-state index is -4.39. The van der Waals surface area contributed by atoms with Crippen LogP contribution in [0.25, 0.3) is 0 Å². The molecule has 3 heteroatoms. The van der Waals surface area contributed by atoms with Crippen molar-refractivity contribution in [2.24, 2.45) is 0 Å². The lowest BCUT2D eigenvalue weighted by atomic mass is 10.0. The van der Waals surface area contributed by atoms with Crippen LogP contribution in [0.5, 0.6) is 0 Å². The largest absolute Gasteiger partial charge is 0.416 e. The number of rotatable bonds is 2. The number of alkyl halides is 3. The van der Waals surface area contributed by atoms with E-state index in [1.165, 1.54) is 6.92 Å². The van der Waals surface area contributed by atoms with Crippen molar-refractivity contribution in [1.82, 2.24) is 0 Å². The molecule has 0 spiro atoms. The van der Waals surface area contributed by atoms with Crippen LogP contribution in [-0.2, 0) is 0 Å². The van der Waals surface area contributed by atoms with Crippen molar-refractivity contribution in [2.45, 2.75) is 13.1 Å². The Labute approximate surface area is 63.7 Å². The molecule has 0 saturated heterocycles.